The van der Waals surface area contributed by atoms with E-state index < -0.39 is 4.92 Å². The first-order valence-corrected chi connectivity index (χ1v) is 5.89. The molecular formula is C12H13N5O2. The van der Waals surface area contributed by atoms with Gasteiger partial charge in [-0.25, -0.2) is 9.97 Å². The predicted molar refractivity (Wildman–Crippen MR) is 70.7 cm³/mol. The number of nitro groups is 1. The summed E-state index contributed by atoms with van der Waals surface area (Å²) in [5.74, 6) is 0.369. The molecule has 0 spiro atoms. The van der Waals surface area contributed by atoms with Gasteiger partial charge in [0.2, 0.25) is 5.95 Å². The van der Waals surface area contributed by atoms with E-state index in [1.54, 1.807) is 24.4 Å². The van der Waals surface area contributed by atoms with Crippen LogP contribution in [0.4, 0.5) is 11.6 Å². The molecule has 0 aliphatic carbocycles. The molecule has 7 nitrogen and oxygen atoms in total. The molecule has 19 heavy (non-hydrogen) atoms. The van der Waals surface area contributed by atoms with E-state index in [0.717, 1.165) is 6.42 Å². The molecule has 1 N–H and O–H groups in total. The van der Waals surface area contributed by atoms with Crippen LogP contribution in [0.2, 0.25) is 0 Å². The second-order valence-electron chi connectivity index (χ2n) is 3.83. The van der Waals surface area contributed by atoms with Gasteiger partial charge < -0.3 is 5.32 Å². The van der Waals surface area contributed by atoms with Crippen LogP contribution in [-0.2, 0) is 0 Å². The Hall–Kier alpha value is -2.57. The summed E-state index contributed by atoms with van der Waals surface area (Å²) in [5, 5.41) is 14.0. The molecule has 0 saturated heterocycles. The van der Waals surface area contributed by atoms with Crippen LogP contribution >= 0.6 is 0 Å². The second kappa shape index (κ2) is 5.85. The van der Waals surface area contributed by atoms with E-state index in [4.69, 9.17) is 0 Å². The Labute approximate surface area is 109 Å². The molecule has 0 radical (unpaired) electrons. The molecule has 0 bridgehead atoms. The third-order valence-corrected chi connectivity index (χ3v) is 2.41. The largest absolute Gasteiger partial charge is 0.354 e. The van der Waals surface area contributed by atoms with E-state index in [9.17, 15) is 10.1 Å². The third kappa shape index (κ3) is 3.01. The van der Waals surface area contributed by atoms with Crippen LogP contribution in [0.1, 0.15) is 13.3 Å². The molecule has 0 amide bonds. The summed E-state index contributed by atoms with van der Waals surface area (Å²) < 4.78 is 0. The number of rotatable bonds is 5. The van der Waals surface area contributed by atoms with Crippen molar-refractivity contribution in [3.63, 3.8) is 0 Å². The summed E-state index contributed by atoms with van der Waals surface area (Å²) in [6, 6.07) is 5.18. The minimum atomic E-state index is -0.506. The van der Waals surface area contributed by atoms with Crippen molar-refractivity contribution >= 4 is 11.6 Å². The van der Waals surface area contributed by atoms with Crippen molar-refractivity contribution in [1.29, 1.82) is 0 Å². The van der Waals surface area contributed by atoms with Gasteiger partial charge in [-0.05, 0) is 18.6 Å². The minimum Gasteiger partial charge on any atom is -0.354 e. The first kappa shape index (κ1) is 12.9. The number of anilines is 1. The highest BCUT2D eigenvalue weighted by Gasteiger charge is 2.19. The maximum atomic E-state index is 11.0. The number of nitrogens with zero attached hydrogens (tertiary/aromatic N) is 4. The number of aromatic nitrogens is 3. The van der Waals surface area contributed by atoms with Crippen LogP contribution in [0, 0.1) is 10.1 Å². The molecule has 0 aromatic carbocycles. The molecule has 2 aromatic heterocycles. The van der Waals surface area contributed by atoms with Gasteiger partial charge in [-0.15, -0.1) is 0 Å². The van der Waals surface area contributed by atoms with Gasteiger partial charge >= 0.3 is 5.69 Å². The van der Waals surface area contributed by atoms with E-state index in [0.29, 0.717) is 18.2 Å². The van der Waals surface area contributed by atoms with Gasteiger partial charge in [-0.1, -0.05) is 13.0 Å². The minimum absolute atomic E-state index is 0.152. The van der Waals surface area contributed by atoms with Crippen LogP contribution < -0.4 is 5.32 Å². The van der Waals surface area contributed by atoms with Crippen LogP contribution in [0.5, 0.6) is 0 Å². The molecule has 0 aliphatic heterocycles. The Kier molecular flexibility index (Phi) is 3.97. The van der Waals surface area contributed by atoms with Crippen molar-refractivity contribution in [1.82, 2.24) is 15.0 Å². The zero-order valence-corrected chi connectivity index (χ0v) is 10.4. The third-order valence-electron chi connectivity index (χ3n) is 2.41. The summed E-state index contributed by atoms with van der Waals surface area (Å²) in [6.07, 6.45) is 3.69. The van der Waals surface area contributed by atoms with Gasteiger partial charge in [0.15, 0.2) is 5.69 Å². The van der Waals surface area contributed by atoms with E-state index in [1.165, 1.54) is 6.20 Å². The molecule has 7 heteroatoms. The molecule has 2 heterocycles. The average Bonchev–Trinajstić information content (AvgIpc) is 2.45. The van der Waals surface area contributed by atoms with Crippen molar-refractivity contribution in [3.05, 3.63) is 40.7 Å². The zero-order chi connectivity index (χ0) is 13.7. The Morgan fingerprint density at radius 2 is 2.21 bits per heavy atom. The van der Waals surface area contributed by atoms with Gasteiger partial charge in [0.1, 0.15) is 6.20 Å². The van der Waals surface area contributed by atoms with Gasteiger partial charge in [-0.2, -0.15) is 0 Å². The maximum Gasteiger partial charge on any atom is 0.315 e. The molecular weight excluding hydrogens is 246 g/mol. The number of nitrogens with one attached hydrogen (secondary N) is 1. The van der Waals surface area contributed by atoms with E-state index in [1.807, 2.05) is 6.92 Å². The number of hydrogen-bond donors (Lipinski definition) is 1. The van der Waals surface area contributed by atoms with Gasteiger partial charge in [-0.3, -0.25) is 15.1 Å². The quantitative estimate of drug-likeness (QED) is 0.653. The van der Waals surface area contributed by atoms with Crippen molar-refractivity contribution in [2.45, 2.75) is 13.3 Å². The fourth-order valence-electron chi connectivity index (χ4n) is 1.52. The highest BCUT2D eigenvalue weighted by Crippen LogP contribution is 2.26. The zero-order valence-electron chi connectivity index (χ0n) is 10.4. The predicted octanol–water partition coefficient (Wildman–Crippen LogP) is 2.27. The maximum absolute atomic E-state index is 11.0. The highest BCUT2D eigenvalue weighted by molar-refractivity contribution is 5.66. The van der Waals surface area contributed by atoms with E-state index in [2.05, 4.69) is 20.3 Å². The molecule has 2 rings (SSSR count). The smallest absolute Gasteiger partial charge is 0.315 e. The Morgan fingerprint density at radius 1 is 1.37 bits per heavy atom. The van der Waals surface area contributed by atoms with Crippen LogP contribution in [-0.4, -0.2) is 26.4 Å². The lowest BCUT2D eigenvalue weighted by Gasteiger charge is -2.05. The lowest BCUT2D eigenvalue weighted by atomic mass is 10.2. The normalized spacial score (nSPS) is 10.2. The SMILES string of the molecule is CCCNc1ncc([N+](=O)[O-])c(-c2ccccn2)n1. The van der Waals surface area contributed by atoms with Crippen LogP contribution in [0.15, 0.2) is 30.6 Å². The molecule has 0 aliphatic rings. The summed E-state index contributed by atoms with van der Waals surface area (Å²) in [5.41, 5.74) is 0.524. The highest BCUT2D eigenvalue weighted by atomic mass is 16.6. The van der Waals surface area contributed by atoms with Crippen LogP contribution in [0.25, 0.3) is 11.4 Å². The van der Waals surface area contributed by atoms with Gasteiger partial charge in [0.25, 0.3) is 0 Å². The summed E-state index contributed by atoms with van der Waals surface area (Å²) >= 11 is 0. The van der Waals surface area contributed by atoms with Gasteiger partial charge in [0.05, 0.1) is 10.6 Å². The van der Waals surface area contributed by atoms with Crippen molar-refractivity contribution < 1.29 is 4.92 Å². The Bertz CT molecular complexity index is 574. The molecule has 98 valence electrons. The van der Waals surface area contributed by atoms with E-state index in [-0.39, 0.29) is 11.4 Å². The second-order valence-corrected chi connectivity index (χ2v) is 3.83. The first-order chi connectivity index (χ1) is 9.22. The Balaban J connectivity index is 2.45. The summed E-state index contributed by atoms with van der Waals surface area (Å²) in [7, 11) is 0. The van der Waals surface area contributed by atoms with Gasteiger partial charge in [0, 0.05) is 12.7 Å². The number of hydrogen-bond acceptors (Lipinski definition) is 6. The monoisotopic (exact) mass is 259 g/mol. The number of pyridine rings is 1. The Morgan fingerprint density at radius 3 is 2.84 bits per heavy atom. The molecule has 0 fully saturated rings. The lowest BCUT2D eigenvalue weighted by molar-refractivity contribution is -0.384. The van der Waals surface area contributed by atoms with E-state index >= 15 is 0 Å². The molecule has 2 aromatic rings. The topological polar surface area (TPSA) is 93.8 Å². The lowest BCUT2D eigenvalue weighted by Crippen LogP contribution is -2.06. The fourth-order valence-corrected chi connectivity index (χ4v) is 1.52. The average molecular weight is 259 g/mol. The van der Waals surface area contributed by atoms with Crippen molar-refractivity contribution in [3.8, 4) is 11.4 Å². The molecule has 0 saturated carbocycles. The fraction of sp³-hybridized carbons (Fsp3) is 0.250. The van der Waals surface area contributed by atoms with Crippen molar-refractivity contribution in [2.75, 3.05) is 11.9 Å². The molecule has 0 atom stereocenters. The summed E-state index contributed by atoms with van der Waals surface area (Å²) in [4.78, 5) is 22.7. The van der Waals surface area contributed by atoms with Crippen LogP contribution in [0.3, 0.4) is 0 Å². The van der Waals surface area contributed by atoms with Crippen molar-refractivity contribution in [2.24, 2.45) is 0 Å². The molecule has 0 unspecified atom stereocenters. The first-order valence-electron chi connectivity index (χ1n) is 5.89. The summed E-state index contributed by atoms with van der Waals surface area (Å²) in [6.45, 7) is 2.72. The standard InChI is InChI=1S/C12H13N5O2/c1-2-6-14-12-15-8-10(17(18)19)11(16-12)9-5-3-4-7-13-9/h3-5,7-8H,2,6H2,1H3,(H,14,15,16).